The molecule has 4 nitrogen and oxygen atoms in total. The molecule has 1 aromatic carbocycles. The molecule has 0 saturated carbocycles. The molecule has 2 amide bonds. The van der Waals surface area contributed by atoms with E-state index >= 15 is 0 Å². The quantitative estimate of drug-likeness (QED) is 0.834. The van der Waals surface area contributed by atoms with Gasteiger partial charge in [0.2, 0.25) is 5.91 Å². The highest BCUT2D eigenvalue weighted by atomic mass is 32.2. The second kappa shape index (κ2) is 6.51. The fourth-order valence-corrected chi connectivity index (χ4v) is 4.84. The van der Waals surface area contributed by atoms with Crippen molar-refractivity contribution in [3.8, 4) is 0 Å². The van der Waals surface area contributed by atoms with E-state index in [0.717, 1.165) is 18.6 Å². The Morgan fingerprint density at radius 1 is 1.17 bits per heavy atom. The standard InChI is InChI=1S/C17H21FN2O2S/c1-2-15(21)19-9-7-17(8-10-19)20(11-12-23-17)16(22)13-3-5-14(18)6-4-13/h3-6H,2,7-12H2,1H3. The molecule has 0 radical (unpaired) electrons. The van der Waals surface area contributed by atoms with Gasteiger partial charge < -0.3 is 9.80 Å². The number of hydrogen-bond acceptors (Lipinski definition) is 3. The highest BCUT2D eigenvalue weighted by Crippen LogP contribution is 2.44. The Morgan fingerprint density at radius 3 is 2.43 bits per heavy atom. The molecule has 0 atom stereocenters. The van der Waals surface area contributed by atoms with E-state index < -0.39 is 0 Å². The van der Waals surface area contributed by atoms with Crippen LogP contribution in [-0.2, 0) is 4.79 Å². The summed E-state index contributed by atoms with van der Waals surface area (Å²) in [5, 5.41) is 0. The fraction of sp³-hybridized carbons (Fsp3) is 0.529. The first-order valence-corrected chi connectivity index (χ1v) is 9.03. The predicted octanol–water partition coefficient (Wildman–Crippen LogP) is 2.74. The van der Waals surface area contributed by atoms with Crippen LogP contribution in [0, 0.1) is 5.82 Å². The lowest BCUT2D eigenvalue weighted by Crippen LogP contribution is -2.53. The van der Waals surface area contributed by atoms with Crippen LogP contribution in [0.1, 0.15) is 36.5 Å². The number of halogens is 1. The summed E-state index contributed by atoms with van der Waals surface area (Å²) in [4.78, 5) is 28.3. The number of rotatable bonds is 2. The van der Waals surface area contributed by atoms with E-state index in [2.05, 4.69) is 0 Å². The first-order chi connectivity index (χ1) is 11.1. The van der Waals surface area contributed by atoms with Crippen molar-refractivity contribution in [3.63, 3.8) is 0 Å². The molecular weight excluding hydrogens is 315 g/mol. The molecule has 2 aliphatic heterocycles. The van der Waals surface area contributed by atoms with Gasteiger partial charge in [-0.25, -0.2) is 4.39 Å². The summed E-state index contributed by atoms with van der Waals surface area (Å²) >= 11 is 1.81. The minimum atomic E-state index is -0.335. The Hall–Kier alpha value is -1.56. The van der Waals surface area contributed by atoms with Crippen LogP contribution in [0.25, 0.3) is 0 Å². The predicted molar refractivity (Wildman–Crippen MR) is 88.7 cm³/mol. The maximum Gasteiger partial charge on any atom is 0.254 e. The molecule has 0 unspecified atom stereocenters. The van der Waals surface area contributed by atoms with E-state index in [0.29, 0.717) is 31.6 Å². The van der Waals surface area contributed by atoms with Crippen LogP contribution < -0.4 is 0 Å². The Balaban J connectivity index is 1.74. The number of likely N-dealkylation sites (tertiary alicyclic amines) is 1. The SMILES string of the molecule is CCC(=O)N1CCC2(CC1)SCCN2C(=O)c1ccc(F)cc1. The Kier molecular flexibility index (Phi) is 4.62. The smallest absolute Gasteiger partial charge is 0.254 e. The maximum absolute atomic E-state index is 13.1. The number of nitrogens with zero attached hydrogens (tertiary/aromatic N) is 2. The van der Waals surface area contributed by atoms with Crippen LogP contribution in [0.4, 0.5) is 4.39 Å². The van der Waals surface area contributed by atoms with E-state index in [1.54, 1.807) is 12.1 Å². The van der Waals surface area contributed by atoms with Crippen molar-refractivity contribution in [2.24, 2.45) is 0 Å². The zero-order chi connectivity index (χ0) is 16.4. The van der Waals surface area contributed by atoms with Gasteiger partial charge >= 0.3 is 0 Å². The molecule has 0 aromatic heterocycles. The molecule has 0 aliphatic carbocycles. The van der Waals surface area contributed by atoms with Gasteiger partial charge in [0.15, 0.2) is 0 Å². The molecule has 6 heteroatoms. The second-order valence-electron chi connectivity index (χ2n) is 5.99. The fourth-order valence-electron chi connectivity index (χ4n) is 3.39. The van der Waals surface area contributed by atoms with E-state index in [4.69, 9.17) is 0 Å². The summed E-state index contributed by atoms with van der Waals surface area (Å²) in [6, 6.07) is 5.74. The number of piperidine rings is 1. The van der Waals surface area contributed by atoms with Crippen LogP contribution in [0.3, 0.4) is 0 Å². The van der Waals surface area contributed by atoms with Gasteiger partial charge in [-0.1, -0.05) is 6.92 Å². The summed E-state index contributed by atoms with van der Waals surface area (Å²) in [6.07, 6.45) is 2.13. The lowest BCUT2D eigenvalue weighted by Gasteiger charge is -2.44. The minimum absolute atomic E-state index is 0.0368. The number of benzene rings is 1. The van der Waals surface area contributed by atoms with Gasteiger partial charge in [-0.2, -0.15) is 0 Å². The number of carbonyl (C=O) groups excluding carboxylic acids is 2. The zero-order valence-electron chi connectivity index (χ0n) is 13.3. The number of amides is 2. The number of carbonyl (C=O) groups is 2. The van der Waals surface area contributed by atoms with E-state index in [-0.39, 0.29) is 22.5 Å². The number of thioether (sulfide) groups is 1. The number of hydrogen-bond donors (Lipinski definition) is 0. The zero-order valence-corrected chi connectivity index (χ0v) is 14.1. The maximum atomic E-state index is 13.1. The van der Waals surface area contributed by atoms with Gasteiger partial charge in [0.1, 0.15) is 5.82 Å². The summed E-state index contributed by atoms with van der Waals surface area (Å²) in [5.41, 5.74) is 0.528. The van der Waals surface area contributed by atoms with Gasteiger partial charge in [-0.15, -0.1) is 11.8 Å². The van der Waals surface area contributed by atoms with Gasteiger partial charge in [0.05, 0.1) is 4.87 Å². The summed E-state index contributed by atoms with van der Waals surface area (Å²) in [7, 11) is 0. The molecule has 2 fully saturated rings. The first-order valence-electron chi connectivity index (χ1n) is 8.05. The van der Waals surface area contributed by atoms with Gasteiger partial charge in [-0.05, 0) is 37.1 Å². The van der Waals surface area contributed by atoms with Crippen molar-refractivity contribution in [2.45, 2.75) is 31.1 Å². The highest BCUT2D eigenvalue weighted by molar-refractivity contribution is 8.00. The van der Waals surface area contributed by atoms with Crippen molar-refractivity contribution in [1.29, 1.82) is 0 Å². The lowest BCUT2D eigenvalue weighted by atomic mass is 10.0. The average molecular weight is 336 g/mol. The van der Waals surface area contributed by atoms with Gasteiger partial charge in [0, 0.05) is 37.4 Å². The monoisotopic (exact) mass is 336 g/mol. The van der Waals surface area contributed by atoms with Crippen molar-refractivity contribution >= 4 is 23.6 Å². The average Bonchev–Trinajstić information content (AvgIpc) is 2.98. The molecule has 2 saturated heterocycles. The Labute approximate surface area is 140 Å². The van der Waals surface area contributed by atoms with Crippen molar-refractivity contribution in [3.05, 3.63) is 35.6 Å². The van der Waals surface area contributed by atoms with Gasteiger partial charge in [-0.3, -0.25) is 9.59 Å². The van der Waals surface area contributed by atoms with E-state index in [1.807, 2.05) is 28.5 Å². The lowest BCUT2D eigenvalue weighted by molar-refractivity contribution is -0.132. The Bertz CT molecular complexity index is 597. The minimum Gasteiger partial charge on any atom is -0.342 e. The molecule has 0 N–H and O–H groups in total. The van der Waals surface area contributed by atoms with Gasteiger partial charge in [0.25, 0.3) is 5.91 Å². The molecule has 3 rings (SSSR count). The normalized spacial score (nSPS) is 20.1. The van der Waals surface area contributed by atoms with E-state index in [1.165, 1.54) is 12.1 Å². The first kappa shape index (κ1) is 16.3. The summed E-state index contributed by atoms with van der Waals surface area (Å²) < 4.78 is 13.1. The van der Waals surface area contributed by atoms with Crippen molar-refractivity contribution in [2.75, 3.05) is 25.4 Å². The van der Waals surface area contributed by atoms with Crippen LogP contribution >= 0.6 is 11.8 Å². The third-order valence-corrected chi connectivity index (χ3v) is 6.27. The van der Waals surface area contributed by atoms with Crippen LogP contribution in [0.2, 0.25) is 0 Å². The van der Waals surface area contributed by atoms with Crippen molar-refractivity contribution in [1.82, 2.24) is 9.80 Å². The second-order valence-corrected chi connectivity index (χ2v) is 7.45. The largest absolute Gasteiger partial charge is 0.342 e. The third kappa shape index (κ3) is 3.09. The van der Waals surface area contributed by atoms with Crippen LogP contribution in [-0.4, -0.2) is 51.9 Å². The van der Waals surface area contributed by atoms with Crippen LogP contribution in [0.15, 0.2) is 24.3 Å². The molecule has 0 bridgehead atoms. The van der Waals surface area contributed by atoms with Crippen LogP contribution in [0.5, 0.6) is 0 Å². The molecule has 124 valence electrons. The molecule has 2 aliphatic rings. The Morgan fingerprint density at radius 2 is 1.83 bits per heavy atom. The summed E-state index contributed by atoms with van der Waals surface area (Å²) in [5.74, 6) is 0.720. The molecule has 1 spiro atoms. The molecule has 23 heavy (non-hydrogen) atoms. The highest BCUT2D eigenvalue weighted by Gasteiger charge is 2.46. The molecule has 1 aromatic rings. The summed E-state index contributed by atoms with van der Waals surface area (Å²) in [6.45, 7) is 3.99. The topological polar surface area (TPSA) is 40.6 Å². The molecule has 2 heterocycles. The third-order valence-electron chi connectivity index (χ3n) is 4.71. The van der Waals surface area contributed by atoms with Crippen molar-refractivity contribution < 1.29 is 14.0 Å². The van der Waals surface area contributed by atoms with E-state index in [9.17, 15) is 14.0 Å². The molecular formula is C17H21FN2O2S.